The zero-order chi connectivity index (χ0) is 10.1. The summed E-state index contributed by atoms with van der Waals surface area (Å²) in [6, 6.07) is 3.62. The Labute approximate surface area is 102 Å². The van der Waals surface area contributed by atoms with Gasteiger partial charge < -0.3 is 5.11 Å². The van der Waals surface area contributed by atoms with Crippen molar-refractivity contribution in [1.82, 2.24) is 0 Å². The summed E-state index contributed by atoms with van der Waals surface area (Å²) < 4.78 is 29.7. The van der Waals surface area contributed by atoms with Crippen LogP contribution >= 0.6 is 0 Å². The maximum Gasteiger partial charge on any atom is 1.00 e. The predicted molar refractivity (Wildman–Crippen MR) is 44.2 cm³/mol. The molecule has 0 aliphatic heterocycles. The second-order valence-electron chi connectivity index (χ2n) is 2.29. The molecule has 1 rings (SSSR count). The third-order valence-electron chi connectivity index (χ3n) is 1.35. The van der Waals surface area contributed by atoms with Gasteiger partial charge in [-0.1, -0.05) is 0 Å². The van der Waals surface area contributed by atoms with Gasteiger partial charge in [-0.05, 0) is 24.3 Å². The summed E-state index contributed by atoms with van der Waals surface area (Å²) in [4.78, 5) is 10.3. The minimum absolute atomic E-state index is 0. The van der Waals surface area contributed by atoms with Crippen LogP contribution in [0.5, 0.6) is 5.75 Å². The average Bonchev–Trinajstić information content (AvgIpc) is 2.14. The Balaban J connectivity index is 0.00000169. The van der Waals surface area contributed by atoms with Crippen molar-refractivity contribution in [3.05, 3.63) is 34.5 Å². The maximum absolute atomic E-state index is 10.8. The molecule has 5 nitrogen and oxygen atoms in total. The Morgan fingerprint density at radius 3 is 2.07 bits per heavy atom. The fourth-order valence-corrected chi connectivity index (χ4v) is 1.19. The molecule has 70 valence electrons. The first-order chi connectivity index (χ1) is 5.91. The molecule has 1 aromatic carbocycles. The van der Waals surface area contributed by atoms with Crippen molar-refractivity contribution < 1.29 is 47.6 Å². The summed E-state index contributed by atoms with van der Waals surface area (Å²) in [7, 11) is -4.33. The van der Waals surface area contributed by atoms with Gasteiger partial charge in [-0.3, -0.25) is 9.35 Å². The third kappa shape index (κ3) is 3.39. The number of hydrogen-bond acceptors (Lipinski definition) is 4. The van der Waals surface area contributed by atoms with Gasteiger partial charge in [0.1, 0.15) is 0 Å². The van der Waals surface area contributed by atoms with Crippen molar-refractivity contribution in [3.63, 3.8) is 0 Å². The van der Waals surface area contributed by atoms with E-state index in [-0.39, 0.29) is 29.6 Å². The zero-order valence-electron chi connectivity index (χ0n) is 7.34. The summed E-state index contributed by atoms with van der Waals surface area (Å²) in [6.45, 7) is 0. The fourth-order valence-electron chi connectivity index (χ4n) is 0.714. The second kappa shape index (κ2) is 4.90. The molecule has 0 aromatic heterocycles. The first kappa shape index (κ1) is 13.6. The van der Waals surface area contributed by atoms with Crippen molar-refractivity contribution in [2.45, 2.75) is 4.90 Å². The molecule has 7 heteroatoms. The van der Waals surface area contributed by atoms with Gasteiger partial charge >= 0.3 is 29.6 Å². The van der Waals surface area contributed by atoms with Crippen LogP contribution in [-0.2, 0) is 10.1 Å². The zero-order valence-corrected chi connectivity index (χ0v) is 10.2. The summed E-state index contributed by atoms with van der Waals surface area (Å²) in [5, 5.41) is 8.88. The quantitative estimate of drug-likeness (QED) is 0.392. The molecular formula is C7H6NaO5S+. The first-order valence-corrected chi connectivity index (χ1v) is 4.66. The number of rotatable bonds is 1. The summed E-state index contributed by atoms with van der Waals surface area (Å²) in [6.07, 6.45) is 0. The first-order valence-electron chi connectivity index (χ1n) is 3.22. The van der Waals surface area contributed by atoms with E-state index in [4.69, 9.17) is 9.66 Å². The summed E-state index contributed by atoms with van der Waals surface area (Å²) in [5.41, 5.74) is -0.713. The second-order valence-corrected chi connectivity index (χ2v) is 3.72. The van der Waals surface area contributed by atoms with Crippen LogP contribution in [0.15, 0.2) is 34.0 Å². The standard InChI is InChI=1S/C7H6O5S.Na/c8-6-3-1-5(13(10,11)12)2-4-7(6)9;/h1-4H,(H,8,9)(H,10,11,12);/q;+1. The molecule has 14 heavy (non-hydrogen) atoms. The number of aromatic hydroxyl groups is 1. The van der Waals surface area contributed by atoms with Gasteiger partial charge in [0.15, 0.2) is 5.75 Å². The van der Waals surface area contributed by atoms with Crippen LogP contribution < -0.4 is 35.0 Å². The molecule has 0 fully saturated rings. The normalized spacial score (nSPS) is 10.4. The molecule has 0 amide bonds. The van der Waals surface area contributed by atoms with Gasteiger partial charge in [0.05, 0.1) is 4.90 Å². The molecule has 0 radical (unpaired) electrons. The summed E-state index contributed by atoms with van der Waals surface area (Å²) >= 11 is 0. The van der Waals surface area contributed by atoms with Crippen LogP contribution in [0, 0.1) is 0 Å². The van der Waals surface area contributed by atoms with E-state index < -0.39 is 26.2 Å². The molecule has 0 saturated heterocycles. The molecule has 0 spiro atoms. The van der Waals surface area contributed by atoms with E-state index in [1.165, 1.54) is 0 Å². The third-order valence-corrected chi connectivity index (χ3v) is 2.22. The Kier molecular flexibility index (Phi) is 4.76. The van der Waals surface area contributed by atoms with E-state index in [0.717, 1.165) is 24.3 Å². The molecule has 0 bridgehead atoms. The molecule has 0 heterocycles. The molecule has 0 saturated carbocycles. The predicted octanol–water partition coefficient (Wildman–Crippen LogP) is -3.00. The van der Waals surface area contributed by atoms with E-state index in [1.807, 2.05) is 0 Å². The van der Waals surface area contributed by atoms with Crippen LogP contribution in [0.3, 0.4) is 0 Å². The van der Waals surface area contributed by atoms with Crippen LogP contribution in [0.1, 0.15) is 0 Å². The number of hydrogen-bond donors (Lipinski definition) is 2. The molecule has 2 N–H and O–H groups in total. The van der Waals surface area contributed by atoms with Crippen LogP contribution in [0.4, 0.5) is 0 Å². The van der Waals surface area contributed by atoms with E-state index in [2.05, 4.69) is 0 Å². The monoisotopic (exact) mass is 225 g/mol. The molecule has 0 aliphatic rings. The van der Waals surface area contributed by atoms with Gasteiger partial charge in [-0.15, -0.1) is 0 Å². The molecule has 1 aromatic rings. The molecule has 0 aliphatic carbocycles. The van der Waals surface area contributed by atoms with Crippen molar-refractivity contribution in [3.8, 4) is 5.75 Å². The van der Waals surface area contributed by atoms with Crippen LogP contribution in [0.2, 0.25) is 0 Å². The van der Waals surface area contributed by atoms with E-state index in [9.17, 15) is 13.2 Å². The average molecular weight is 225 g/mol. The van der Waals surface area contributed by atoms with Crippen molar-refractivity contribution in [1.29, 1.82) is 0 Å². The Hall–Kier alpha value is -0.400. The van der Waals surface area contributed by atoms with Crippen molar-refractivity contribution in [2.24, 2.45) is 0 Å². The SMILES string of the molecule is O=c1ccc(S(=O)(=O)O)ccc1O.[Na+]. The van der Waals surface area contributed by atoms with Gasteiger partial charge in [-0.25, -0.2) is 0 Å². The van der Waals surface area contributed by atoms with E-state index >= 15 is 0 Å². The van der Waals surface area contributed by atoms with Gasteiger partial charge in [0.25, 0.3) is 10.1 Å². The largest absolute Gasteiger partial charge is 1.00 e. The topological polar surface area (TPSA) is 91.7 Å². The molecular weight excluding hydrogens is 219 g/mol. The van der Waals surface area contributed by atoms with Gasteiger partial charge in [0.2, 0.25) is 5.43 Å². The van der Waals surface area contributed by atoms with E-state index in [0.29, 0.717) is 0 Å². The Morgan fingerprint density at radius 1 is 1.07 bits per heavy atom. The summed E-state index contributed by atoms with van der Waals surface area (Å²) in [5.74, 6) is -0.574. The molecule has 0 atom stereocenters. The minimum Gasteiger partial charge on any atom is -0.504 e. The smallest absolute Gasteiger partial charge is 0.504 e. The maximum atomic E-state index is 10.8. The molecule has 0 unspecified atom stereocenters. The van der Waals surface area contributed by atoms with Crippen molar-refractivity contribution in [2.75, 3.05) is 0 Å². The van der Waals surface area contributed by atoms with Crippen LogP contribution in [-0.4, -0.2) is 18.1 Å². The van der Waals surface area contributed by atoms with Crippen LogP contribution in [0.25, 0.3) is 0 Å². The van der Waals surface area contributed by atoms with E-state index in [1.54, 1.807) is 0 Å². The Bertz CT molecular complexity index is 482. The minimum atomic E-state index is -4.33. The Morgan fingerprint density at radius 2 is 1.57 bits per heavy atom. The van der Waals surface area contributed by atoms with Gasteiger partial charge in [0, 0.05) is 0 Å². The van der Waals surface area contributed by atoms with Gasteiger partial charge in [-0.2, -0.15) is 8.42 Å². The van der Waals surface area contributed by atoms with Crippen molar-refractivity contribution >= 4 is 10.1 Å². The fraction of sp³-hybridized carbons (Fsp3) is 0.